The van der Waals surface area contributed by atoms with Gasteiger partial charge in [0.25, 0.3) is 0 Å². The Balaban J connectivity index is 1.03. The van der Waals surface area contributed by atoms with Crippen LogP contribution < -0.4 is 9.64 Å². The maximum atomic E-state index is 14.6. The number of piperidine rings is 1. The lowest BCUT2D eigenvalue weighted by atomic mass is 9.90. The number of methoxy groups -OCH3 is 1. The lowest BCUT2D eigenvalue weighted by molar-refractivity contribution is -0.134. The van der Waals surface area contributed by atoms with E-state index < -0.39 is 11.6 Å². The highest BCUT2D eigenvalue weighted by atomic mass is 19.1. The lowest BCUT2D eigenvalue weighted by Crippen LogP contribution is -2.41. The summed E-state index contributed by atoms with van der Waals surface area (Å²) in [7, 11) is 1.66. The second kappa shape index (κ2) is 12.3. The number of morpholine rings is 1. The van der Waals surface area contributed by atoms with E-state index in [4.69, 9.17) is 14.2 Å². The Morgan fingerprint density at radius 3 is 2.42 bits per heavy atom. The largest absolute Gasteiger partial charge is 0.493 e. The van der Waals surface area contributed by atoms with E-state index in [-0.39, 0.29) is 23.6 Å². The van der Waals surface area contributed by atoms with E-state index in [2.05, 4.69) is 14.9 Å². The first-order valence-electron chi connectivity index (χ1n) is 13.5. The average Bonchev–Trinajstić information content (AvgIpc) is 3.71. The molecule has 0 N–H and O–H groups in total. The van der Waals surface area contributed by atoms with Gasteiger partial charge in [0, 0.05) is 68.9 Å². The Bertz CT molecular complexity index is 1070. The number of nitrogens with zero attached hydrogens (tertiary/aromatic N) is 4. The van der Waals surface area contributed by atoms with Crippen LogP contribution in [0.25, 0.3) is 0 Å². The number of hydrogen-bond acceptors (Lipinski definition) is 7. The van der Waals surface area contributed by atoms with Gasteiger partial charge in [-0.3, -0.25) is 4.79 Å². The number of rotatable bonds is 10. The molecule has 3 fully saturated rings. The zero-order chi connectivity index (χ0) is 26.5. The predicted octanol–water partition coefficient (Wildman–Crippen LogP) is 3.62. The summed E-state index contributed by atoms with van der Waals surface area (Å²) in [5.41, 5.74) is 0.758. The van der Waals surface area contributed by atoms with E-state index >= 15 is 0 Å². The summed E-state index contributed by atoms with van der Waals surface area (Å²) >= 11 is 0. The molecule has 10 heteroatoms. The Kier molecular flexibility index (Phi) is 8.68. The zero-order valence-corrected chi connectivity index (χ0v) is 21.9. The van der Waals surface area contributed by atoms with Crippen LogP contribution in [0.2, 0.25) is 0 Å². The van der Waals surface area contributed by atoms with Gasteiger partial charge in [-0.05, 0) is 43.4 Å². The standard InChI is InChI=1S/C28H36F2N4O4/c1-36-18-19-16-31-28(32-17-19)34-5-2-20(3-6-34)23-12-21(23)4-9-38-22-13-25(29)24(26(30)14-22)15-27(35)33-7-10-37-11-8-33/h13-14,16-17,20-21,23H,2-12,15,18H2,1H3/t21-,23?/m1/s1. The second-order valence-electron chi connectivity index (χ2n) is 10.5. The molecule has 3 heterocycles. The molecule has 2 aliphatic heterocycles. The summed E-state index contributed by atoms with van der Waals surface area (Å²) in [6.07, 6.45) is 7.64. The van der Waals surface area contributed by atoms with E-state index in [9.17, 15) is 13.6 Å². The molecule has 1 amide bonds. The highest BCUT2D eigenvalue weighted by Gasteiger charge is 2.43. The van der Waals surface area contributed by atoms with E-state index in [1.165, 1.54) is 18.6 Å². The summed E-state index contributed by atoms with van der Waals surface area (Å²) < 4.78 is 45.3. The van der Waals surface area contributed by atoms with Gasteiger partial charge in [-0.2, -0.15) is 0 Å². The Labute approximate surface area is 222 Å². The van der Waals surface area contributed by atoms with Crippen molar-refractivity contribution < 1.29 is 27.8 Å². The Hall–Kier alpha value is -2.85. The number of aromatic nitrogens is 2. The van der Waals surface area contributed by atoms with Gasteiger partial charge in [0.05, 0.1) is 32.8 Å². The molecule has 5 rings (SSSR count). The van der Waals surface area contributed by atoms with Crippen molar-refractivity contribution in [3.8, 4) is 5.75 Å². The van der Waals surface area contributed by atoms with Crippen LogP contribution in [0.3, 0.4) is 0 Å². The van der Waals surface area contributed by atoms with Crippen molar-refractivity contribution in [3.63, 3.8) is 0 Å². The smallest absolute Gasteiger partial charge is 0.227 e. The molecule has 2 saturated heterocycles. The first-order chi connectivity index (χ1) is 18.5. The van der Waals surface area contributed by atoms with Crippen molar-refractivity contribution in [3.05, 3.63) is 47.3 Å². The summed E-state index contributed by atoms with van der Waals surface area (Å²) in [6.45, 7) is 4.63. The Morgan fingerprint density at radius 2 is 1.76 bits per heavy atom. The Morgan fingerprint density at radius 1 is 1.08 bits per heavy atom. The van der Waals surface area contributed by atoms with Crippen LogP contribution in [-0.2, 0) is 27.3 Å². The van der Waals surface area contributed by atoms with E-state index in [0.717, 1.165) is 43.9 Å². The minimum Gasteiger partial charge on any atom is -0.493 e. The van der Waals surface area contributed by atoms with E-state index in [0.29, 0.717) is 57.3 Å². The molecule has 1 saturated carbocycles. The summed E-state index contributed by atoms with van der Waals surface area (Å²) in [6, 6.07) is 2.38. The molecule has 0 bridgehead atoms. The zero-order valence-electron chi connectivity index (χ0n) is 21.9. The maximum Gasteiger partial charge on any atom is 0.227 e. The van der Waals surface area contributed by atoms with Crippen LogP contribution in [0.15, 0.2) is 24.5 Å². The number of anilines is 1. The third-order valence-corrected chi connectivity index (χ3v) is 7.97. The van der Waals surface area contributed by atoms with Gasteiger partial charge in [0.2, 0.25) is 11.9 Å². The van der Waals surface area contributed by atoms with Crippen molar-refractivity contribution >= 4 is 11.9 Å². The molecule has 0 radical (unpaired) electrons. The van der Waals surface area contributed by atoms with Gasteiger partial charge in [-0.25, -0.2) is 18.7 Å². The van der Waals surface area contributed by atoms with Gasteiger partial charge < -0.3 is 24.0 Å². The quantitative estimate of drug-likeness (QED) is 0.464. The summed E-state index contributed by atoms with van der Waals surface area (Å²) in [5.74, 6) is 1.14. The molecule has 1 aromatic carbocycles. The molecule has 8 nitrogen and oxygen atoms in total. The first-order valence-corrected chi connectivity index (χ1v) is 13.5. The van der Waals surface area contributed by atoms with Crippen LogP contribution in [0, 0.1) is 29.4 Å². The number of carbonyl (C=O) groups excluding carboxylic acids is 1. The minimum absolute atomic E-state index is 0.171. The molecule has 2 aromatic rings. The van der Waals surface area contributed by atoms with Crippen LogP contribution in [0.1, 0.15) is 36.8 Å². The highest BCUT2D eigenvalue weighted by molar-refractivity contribution is 5.79. The lowest BCUT2D eigenvalue weighted by Gasteiger charge is -2.32. The van der Waals surface area contributed by atoms with Crippen LogP contribution >= 0.6 is 0 Å². The summed E-state index contributed by atoms with van der Waals surface area (Å²) in [5, 5.41) is 0. The molecule has 1 aromatic heterocycles. The van der Waals surface area contributed by atoms with Crippen LogP contribution in [0.5, 0.6) is 5.75 Å². The van der Waals surface area contributed by atoms with Crippen molar-refractivity contribution in [1.82, 2.24) is 14.9 Å². The van der Waals surface area contributed by atoms with Crippen molar-refractivity contribution in [2.24, 2.45) is 17.8 Å². The van der Waals surface area contributed by atoms with Gasteiger partial charge in [0.15, 0.2) is 0 Å². The molecular formula is C28H36F2N4O4. The van der Waals surface area contributed by atoms with Crippen molar-refractivity contribution in [2.45, 2.75) is 38.7 Å². The molecule has 1 unspecified atom stereocenters. The fourth-order valence-electron chi connectivity index (χ4n) is 5.70. The molecule has 38 heavy (non-hydrogen) atoms. The fourth-order valence-corrected chi connectivity index (χ4v) is 5.70. The maximum absolute atomic E-state index is 14.6. The number of carbonyl (C=O) groups is 1. The number of halogens is 2. The monoisotopic (exact) mass is 530 g/mol. The SMILES string of the molecule is COCc1cnc(N2CCC(C3C[C@H]3CCOc3cc(F)c(CC(=O)N4CCOCC4)c(F)c3)CC2)nc1. The van der Waals surface area contributed by atoms with Crippen molar-refractivity contribution in [2.75, 3.05) is 58.0 Å². The number of amides is 1. The van der Waals surface area contributed by atoms with Crippen LogP contribution in [-0.4, -0.2) is 73.9 Å². The molecular weight excluding hydrogens is 494 g/mol. The third kappa shape index (κ3) is 6.58. The molecule has 2 atom stereocenters. The number of ether oxygens (including phenoxy) is 3. The molecule has 1 aliphatic carbocycles. The fraction of sp³-hybridized carbons (Fsp3) is 0.607. The minimum atomic E-state index is -0.741. The normalized spacial score (nSPS) is 22.0. The van der Waals surface area contributed by atoms with Crippen molar-refractivity contribution in [1.29, 1.82) is 0 Å². The number of hydrogen-bond donors (Lipinski definition) is 0. The van der Waals surface area contributed by atoms with E-state index in [1.807, 2.05) is 12.4 Å². The number of benzene rings is 1. The van der Waals surface area contributed by atoms with E-state index in [1.54, 1.807) is 12.0 Å². The average molecular weight is 531 g/mol. The van der Waals surface area contributed by atoms with Crippen LogP contribution in [0.4, 0.5) is 14.7 Å². The molecule has 0 spiro atoms. The van der Waals surface area contributed by atoms with Gasteiger partial charge >= 0.3 is 0 Å². The van der Waals surface area contributed by atoms with Gasteiger partial charge in [-0.1, -0.05) is 0 Å². The predicted molar refractivity (Wildman–Crippen MR) is 137 cm³/mol. The molecule has 206 valence electrons. The summed E-state index contributed by atoms with van der Waals surface area (Å²) in [4.78, 5) is 25.2. The second-order valence-corrected chi connectivity index (χ2v) is 10.5. The first kappa shape index (κ1) is 26.7. The van der Waals surface area contributed by atoms with Gasteiger partial charge in [-0.15, -0.1) is 0 Å². The molecule has 3 aliphatic rings. The topological polar surface area (TPSA) is 77.0 Å². The highest BCUT2D eigenvalue weighted by Crippen LogP contribution is 2.49. The van der Waals surface area contributed by atoms with Gasteiger partial charge in [0.1, 0.15) is 17.4 Å². The third-order valence-electron chi connectivity index (χ3n) is 7.97.